The first-order valence-corrected chi connectivity index (χ1v) is 28.6. The summed E-state index contributed by atoms with van der Waals surface area (Å²) >= 11 is 1.95. The highest BCUT2D eigenvalue weighted by atomic mass is 32.1. The second-order valence-corrected chi connectivity index (χ2v) is 28.3. The monoisotopic (exact) mass is 1030 g/mol. The molecule has 8 aromatic carbocycles. The smallest absolute Gasteiger partial charge is 0.264 e. The fourth-order valence-corrected chi connectivity index (χ4v) is 13.3. The zero-order valence-electron chi connectivity index (χ0n) is 48.2. The van der Waals surface area contributed by atoms with Gasteiger partial charge in [0.05, 0.1) is 22.4 Å². The van der Waals surface area contributed by atoms with Gasteiger partial charge in [0.15, 0.2) is 0 Å². The summed E-state index contributed by atoms with van der Waals surface area (Å²) in [5, 5.41) is 3.47. The third-order valence-electron chi connectivity index (χ3n) is 16.5. The molecule has 12 rings (SSSR count). The first kappa shape index (κ1) is 50.8. The zero-order valence-corrected chi connectivity index (χ0v) is 49.1. The summed E-state index contributed by atoms with van der Waals surface area (Å²) in [7, 11) is 0. The van der Waals surface area contributed by atoms with Crippen molar-refractivity contribution in [2.45, 2.75) is 138 Å². The van der Waals surface area contributed by atoms with Crippen LogP contribution in [0.25, 0.3) is 32.0 Å². The van der Waals surface area contributed by atoms with Crippen molar-refractivity contribution in [3.63, 3.8) is 0 Å². The zero-order chi connectivity index (χ0) is 54.5. The van der Waals surface area contributed by atoms with Crippen LogP contribution in [0.3, 0.4) is 0 Å². The van der Waals surface area contributed by atoms with E-state index in [1.54, 1.807) is 0 Å². The van der Waals surface area contributed by atoms with E-state index in [9.17, 15) is 0 Å². The van der Waals surface area contributed by atoms with E-state index in [0.29, 0.717) is 0 Å². The van der Waals surface area contributed by atoms with Gasteiger partial charge in [-0.1, -0.05) is 177 Å². The highest BCUT2D eigenvalue weighted by Crippen LogP contribution is 2.55. The van der Waals surface area contributed by atoms with Gasteiger partial charge in [0.1, 0.15) is 11.2 Å². The minimum absolute atomic E-state index is 0.0134. The molecule has 0 saturated carbocycles. The number of anilines is 9. The summed E-state index contributed by atoms with van der Waals surface area (Å²) in [5.41, 5.74) is 22.3. The largest absolute Gasteiger partial charge is 0.456 e. The molecule has 0 fully saturated rings. The summed E-state index contributed by atoms with van der Waals surface area (Å²) in [6.45, 7) is 36.8. The van der Waals surface area contributed by atoms with Gasteiger partial charge in [0.25, 0.3) is 6.71 Å². The molecule has 2 aromatic heterocycles. The van der Waals surface area contributed by atoms with Crippen LogP contribution in [0.1, 0.15) is 137 Å². The molecule has 388 valence electrons. The molecule has 2 aliphatic rings. The van der Waals surface area contributed by atoms with Crippen LogP contribution in [0.5, 0.6) is 0 Å². The number of hydrogen-bond acceptors (Lipinski definition) is 5. The van der Waals surface area contributed by atoms with Crippen LogP contribution in [0.4, 0.5) is 51.2 Å². The highest BCUT2D eigenvalue weighted by Gasteiger charge is 2.48. The molecule has 0 amide bonds. The number of para-hydroxylation sites is 1. The maximum absolute atomic E-state index is 7.23. The van der Waals surface area contributed by atoms with E-state index < -0.39 is 0 Å². The van der Waals surface area contributed by atoms with Gasteiger partial charge in [0, 0.05) is 54.4 Å². The van der Waals surface area contributed by atoms with Gasteiger partial charge in [-0.05, 0) is 163 Å². The molecule has 6 heteroatoms. The Morgan fingerprint density at radius 1 is 0.442 bits per heavy atom. The molecular weight excluding hydrogens is 954 g/mol. The van der Waals surface area contributed by atoms with E-state index >= 15 is 0 Å². The van der Waals surface area contributed by atoms with Gasteiger partial charge in [0.2, 0.25) is 0 Å². The molecule has 0 atom stereocenters. The van der Waals surface area contributed by atoms with Gasteiger partial charge in [-0.25, -0.2) is 0 Å². The summed E-state index contributed by atoms with van der Waals surface area (Å²) in [5.74, 6) is 0. The molecule has 0 saturated heterocycles. The van der Waals surface area contributed by atoms with Crippen molar-refractivity contribution in [1.29, 1.82) is 0 Å². The third-order valence-corrected chi connectivity index (χ3v) is 17.7. The van der Waals surface area contributed by atoms with Crippen LogP contribution in [0.15, 0.2) is 162 Å². The van der Waals surface area contributed by atoms with Crippen molar-refractivity contribution in [2.24, 2.45) is 0 Å². The minimum Gasteiger partial charge on any atom is -0.456 e. The number of aryl methyl sites for hydroxylation is 1. The summed E-state index contributed by atoms with van der Waals surface area (Å²) < 4.78 is 9.85. The van der Waals surface area contributed by atoms with E-state index in [4.69, 9.17) is 4.42 Å². The van der Waals surface area contributed by atoms with Crippen molar-refractivity contribution < 1.29 is 4.42 Å². The molecule has 0 unspecified atom stereocenters. The Hall–Kier alpha value is -7.02. The second-order valence-electron chi connectivity index (χ2n) is 27.3. The molecule has 10 aromatic rings. The average Bonchev–Trinajstić information content (AvgIpc) is 4.14. The lowest BCUT2D eigenvalue weighted by Gasteiger charge is -2.45. The lowest BCUT2D eigenvalue weighted by molar-refractivity contribution is 0.590. The Kier molecular flexibility index (Phi) is 11.5. The lowest BCUT2D eigenvalue weighted by Crippen LogP contribution is -2.60. The van der Waals surface area contributed by atoms with E-state index in [2.05, 4.69) is 283 Å². The molecule has 4 nitrogen and oxygen atoms in total. The molecule has 0 radical (unpaired) electrons. The summed E-state index contributed by atoms with van der Waals surface area (Å²) in [6, 6.07) is 60.8. The normalized spacial score (nSPS) is 13.9. The Labute approximate surface area is 462 Å². The number of benzene rings is 8. The Morgan fingerprint density at radius 3 is 1.36 bits per heavy atom. The van der Waals surface area contributed by atoms with E-state index in [1.807, 2.05) is 11.3 Å². The average molecular weight is 1030 g/mol. The molecular formula is C71H74BN3OS. The van der Waals surface area contributed by atoms with Gasteiger partial charge >= 0.3 is 0 Å². The number of furan rings is 1. The van der Waals surface area contributed by atoms with E-state index in [0.717, 1.165) is 56.1 Å². The molecule has 2 aliphatic heterocycles. The molecule has 0 N–H and O–H groups in total. The van der Waals surface area contributed by atoms with E-state index in [-0.39, 0.29) is 33.8 Å². The van der Waals surface area contributed by atoms with Crippen LogP contribution >= 0.6 is 11.3 Å². The Balaban J connectivity index is 1.26. The predicted octanol–water partition coefficient (Wildman–Crippen LogP) is 19.1. The maximum Gasteiger partial charge on any atom is 0.264 e. The van der Waals surface area contributed by atoms with Crippen molar-refractivity contribution in [3.05, 3.63) is 191 Å². The van der Waals surface area contributed by atoms with Gasteiger partial charge in [-0.3, -0.25) is 0 Å². The number of nitrogens with zero attached hydrogens (tertiary/aromatic N) is 3. The van der Waals surface area contributed by atoms with Crippen LogP contribution in [0.2, 0.25) is 0 Å². The quantitative estimate of drug-likeness (QED) is 0.160. The fraction of sp³-hybridized carbons (Fsp3) is 0.296. The topological polar surface area (TPSA) is 22.9 Å². The highest BCUT2D eigenvalue weighted by molar-refractivity contribution is 7.33. The van der Waals surface area contributed by atoms with Crippen molar-refractivity contribution >= 4 is 117 Å². The molecule has 77 heavy (non-hydrogen) atoms. The van der Waals surface area contributed by atoms with Crippen molar-refractivity contribution in [1.82, 2.24) is 0 Å². The Bertz CT molecular complexity index is 3880. The van der Waals surface area contributed by atoms with Gasteiger partial charge in [-0.15, -0.1) is 11.3 Å². The SMILES string of the molecule is Cc1cc2c3c(c1)N(c1ccc(C(C)(C)C)cc1)c1c(sc4ccc(C(C)(C)C)cc14)B3c1cc3oc4ccccc4c3c(N(c3ccc(C(C)(C)C)cc3)c3ccc(C(C)(C)C)cc3)c1N2c1ccc(C(C)(C)C)cc1. The predicted molar refractivity (Wildman–Crippen MR) is 336 cm³/mol. The van der Waals surface area contributed by atoms with Crippen LogP contribution in [-0.4, -0.2) is 6.71 Å². The number of hydrogen-bond donors (Lipinski definition) is 0. The van der Waals surface area contributed by atoms with Crippen LogP contribution in [0, 0.1) is 6.92 Å². The number of thiophene rings is 1. The van der Waals surface area contributed by atoms with Crippen LogP contribution in [-0.2, 0) is 27.1 Å². The Morgan fingerprint density at radius 2 is 0.883 bits per heavy atom. The summed E-state index contributed by atoms with van der Waals surface area (Å²) in [4.78, 5) is 7.78. The second kappa shape index (κ2) is 17.5. The minimum atomic E-state index is -0.138. The molecule has 0 spiro atoms. The first-order chi connectivity index (χ1) is 36.3. The molecule has 0 aliphatic carbocycles. The molecule has 0 bridgehead atoms. The number of rotatable bonds is 5. The standard InChI is InChI=1S/C71H74BN3OS/c1-43-39-56-62-57(40-43)75(52-36-27-47(28-37-52)70(11,12)13)64-55(72(62)66-63(54-41-48(71(14,15)16)29-38-60(54)77-66)74(56)51-34-25-46(26-35-51)69(8,9)10)42-59-61(53-19-17-18-20-58(53)76-59)65(64)73(49-30-21-44(22-31-49)67(2,3)4)50-32-23-45(24-33-50)68(5,6)7/h17-42H,1-16H3. The van der Waals surface area contributed by atoms with Crippen molar-refractivity contribution in [3.8, 4) is 0 Å². The maximum atomic E-state index is 7.23. The van der Waals surface area contributed by atoms with Crippen molar-refractivity contribution in [2.75, 3.05) is 14.7 Å². The third kappa shape index (κ3) is 8.49. The lowest BCUT2D eigenvalue weighted by atomic mass is 9.36. The van der Waals surface area contributed by atoms with Gasteiger partial charge < -0.3 is 19.1 Å². The van der Waals surface area contributed by atoms with E-state index in [1.165, 1.54) is 76.2 Å². The van der Waals surface area contributed by atoms with Gasteiger partial charge in [-0.2, -0.15) is 0 Å². The number of fused-ring (bicyclic) bond motifs is 9. The molecule has 4 heterocycles. The summed E-state index contributed by atoms with van der Waals surface area (Å²) in [6.07, 6.45) is 0. The fourth-order valence-electron chi connectivity index (χ4n) is 12.0. The van der Waals surface area contributed by atoms with Crippen LogP contribution < -0.4 is 30.4 Å². The first-order valence-electron chi connectivity index (χ1n) is 27.8.